The van der Waals surface area contributed by atoms with E-state index >= 15 is 0 Å². The summed E-state index contributed by atoms with van der Waals surface area (Å²) in [6.45, 7) is -0.653. The molecule has 0 bridgehead atoms. The van der Waals surface area contributed by atoms with Crippen LogP contribution in [0.3, 0.4) is 0 Å². The number of sulfonamides is 1. The Bertz CT molecular complexity index is 1160. The van der Waals surface area contributed by atoms with E-state index in [2.05, 4.69) is 15.6 Å². The zero-order valence-electron chi connectivity index (χ0n) is 16.4. The summed E-state index contributed by atoms with van der Waals surface area (Å²) < 4.78 is 32.4. The number of furan rings is 1. The zero-order chi connectivity index (χ0) is 22.4. The van der Waals surface area contributed by atoms with Gasteiger partial charge in [0.2, 0.25) is 15.9 Å². The lowest BCUT2D eigenvalue weighted by molar-refractivity contribution is -0.116. The van der Waals surface area contributed by atoms with E-state index in [-0.39, 0.29) is 22.5 Å². The topological polar surface area (TPSA) is 122 Å². The van der Waals surface area contributed by atoms with Gasteiger partial charge in [0.15, 0.2) is 0 Å². The Morgan fingerprint density at radius 2 is 1.97 bits per heavy atom. The van der Waals surface area contributed by atoms with E-state index < -0.39 is 22.5 Å². The van der Waals surface area contributed by atoms with Crippen LogP contribution in [-0.2, 0) is 21.4 Å². The summed E-state index contributed by atoms with van der Waals surface area (Å²) in [4.78, 5) is 28.1. The fraction of sp³-hybridized carbons (Fsp3) is 0.150. The number of rotatable bonds is 8. The van der Waals surface area contributed by atoms with Crippen molar-refractivity contribution in [2.45, 2.75) is 11.4 Å². The van der Waals surface area contributed by atoms with Crippen molar-refractivity contribution in [3.63, 3.8) is 0 Å². The fourth-order valence-corrected chi connectivity index (χ4v) is 4.13. The average molecular weight is 463 g/mol. The summed E-state index contributed by atoms with van der Waals surface area (Å²) in [5.41, 5.74) is 0.710. The molecule has 2 heterocycles. The maximum atomic E-state index is 13.1. The van der Waals surface area contributed by atoms with Gasteiger partial charge in [0.25, 0.3) is 5.91 Å². The van der Waals surface area contributed by atoms with Gasteiger partial charge in [0.05, 0.1) is 19.4 Å². The molecule has 162 valence electrons. The number of pyridine rings is 1. The largest absolute Gasteiger partial charge is 0.468 e. The summed E-state index contributed by atoms with van der Waals surface area (Å²) in [6.07, 6.45) is 2.53. The minimum absolute atomic E-state index is 0.113. The first kappa shape index (κ1) is 22.5. The predicted octanol–water partition coefficient (Wildman–Crippen LogP) is 2.52. The second-order valence-electron chi connectivity index (χ2n) is 6.38. The maximum absolute atomic E-state index is 13.1. The third-order valence-electron chi connectivity index (χ3n) is 4.21. The molecular formula is C20H19ClN4O5S. The normalized spacial score (nSPS) is 11.3. The maximum Gasteiger partial charge on any atom is 0.251 e. The number of amides is 2. The molecule has 31 heavy (non-hydrogen) atoms. The number of hydrogen-bond donors (Lipinski definition) is 2. The van der Waals surface area contributed by atoms with Gasteiger partial charge in [0.1, 0.15) is 15.8 Å². The van der Waals surface area contributed by atoms with E-state index in [0.29, 0.717) is 17.0 Å². The minimum Gasteiger partial charge on any atom is -0.468 e. The molecule has 1 aromatic carbocycles. The number of benzene rings is 1. The van der Waals surface area contributed by atoms with Gasteiger partial charge in [-0.2, -0.15) is 4.31 Å². The van der Waals surface area contributed by atoms with Gasteiger partial charge in [-0.3, -0.25) is 9.59 Å². The van der Waals surface area contributed by atoms with Crippen LogP contribution in [0.2, 0.25) is 5.15 Å². The van der Waals surface area contributed by atoms with Crippen LogP contribution in [-0.4, -0.2) is 43.1 Å². The molecular weight excluding hydrogens is 444 g/mol. The highest BCUT2D eigenvalue weighted by Gasteiger charge is 2.28. The zero-order valence-corrected chi connectivity index (χ0v) is 18.0. The molecule has 0 unspecified atom stereocenters. The molecule has 9 nitrogen and oxygen atoms in total. The summed E-state index contributed by atoms with van der Waals surface area (Å²) in [6, 6.07) is 12.2. The van der Waals surface area contributed by atoms with Crippen molar-refractivity contribution < 1.29 is 22.4 Å². The highest BCUT2D eigenvalue weighted by atomic mass is 35.5. The SMILES string of the molecule is CNC(=O)c1cccc(NC(=O)CN(Cc2ccco2)S(=O)(=O)c2ccc(Cl)nc2)c1. The van der Waals surface area contributed by atoms with Crippen LogP contribution < -0.4 is 10.6 Å². The lowest BCUT2D eigenvalue weighted by Crippen LogP contribution is -2.37. The van der Waals surface area contributed by atoms with E-state index in [1.165, 1.54) is 31.5 Å². The highest BCUT2D eigenvalue weighted by Crippen LogP contribution is 2.20. The van der Waals surface area contributed by atoms with E-state index in [0.717, 1.165) is 10.5 Å². The molecule has 2 aromatic heterocycles. The molecule has 0 saturated carbocycles. The van der Waals surface area contributed by atoms with Gasteiger partial charge in [-0.15, -0.1) is 0 Å². The Morgan fingerprint density at radius 3 is 2.61 bits per heavy atom. The van der Waals surface area contributed by atoms with Crippen LogP contribution in [0.4, 0.5) is 5.69 Å². The molecule has 11 heteroatoms. The van der Waals surface area contributed by atoms with Crippen molar-refractivity contribution in [2.75, 3.05) is 18.9 Å². The lowest BCUT2D eigenvalue weighted by Gasteiger charge is -2.21. The van der Waals surface area contributed by atoms with E-state index in [1.54, 1.807) is 30.3 Å². The van der Waals surface area contributed by atoms with Crippen molar-refractivity contribution in [3.05, 3.63) is 77.5 Å². The average Bonchev–Trinajstić information content (AvgIpc) is 3.26. The summed E-state index contributed by atoms with van der Waals surface area (Å²) in [5, 5.41) is 5.25. The number of hydrogen-bond acceptors (Lipinski definition) is 6. The minimum atomic E-state index is -4.08. The lowest BCUT2D eigenvalue weighted by atomic mass is 10.2. The first-order chi connectivity index (χ1) is 14.8. The molecule has 0 aliphatic rings. The molecule has 3 aromatic rings. The highest BCUT2D eigenvalue weighted by molar-refractivity contribution is 7.89. The van der Waals surface area contributed by atoms with Crippen LogP contribution in [0.15, 0.2) is 70.3 Å². The van der Waals surface area contributed by atoms with Crippen LogP contribution in [0.5, 0.6) is 0 Å². The van der Waals surface area contributed by atoms with Gasteiger partial charge < -0.3 is 15.1 Å². The van der Waals surface area contributed by atoms with Crippen molar-refractivity contribution in [3.8, 4) is 0 Å². The first-order valence-electron chi connectivity index (χ1n) is 9.05. The van der Waals surface area contributed by atoms with E-state index in [4.69, 9.17) is 16.0 Å². The smallest absolute Gasteiger partial charge is 0.251 e. The van der Waals surface area contributed by atoms with Gasteiger partial charge in [-0.05, 0) is 42.5 Å². The van der Waals surface area contributed by atoms with Crippen LogP contribution in [0.25, 0.3) is 0 Å². The third-order valence-corrected chi connectivity index (χ3v) is 6.20. The standard InChI is InChI=1S/C20H19ClN4O5S/c1-22-20(27)14-4-2-5-15(10-14)24-19(26)13-25(12-16-6-3-9-30-16)31(28,29)17-7-8-18(21)23-11-17/h2-11H,12-13H2,1H3,(H,22,27)(H,24,26). The number of nitrogens with one attached hydrogen (secondary N) is 2. The fourth-order valence-electron chi connectivity index (χ4n) is 2.71. The van der Waals surface area contributed by atoms with Gasteiger partial charge in [0, 0.05) is 24.5 Å². The quantitative estimate of drug-likeness (QED) is 0.496. The van der Waals surface area contributed by atoms with E-state index in [1.807, 2.05) is 0 Å². The molecule has 0 radical (unpaired) electrons. The second-order valence-corrected chi connectivity index (χ2v) is 8.70. The molecule has 0 saturated heterocycles. The van der Waals surface area contributed by atoms with Crippen LogP contribution in [0.1, 0.15) is 16.1 Å². The van der Waals surface area contributed by atoms with Crippen LogP contribution >= 0.6 is 11.6 Å². The molecule has 0 aliphatic heterocycles. The first-order valence-corrected chi connectivity index (χ1v) is 10.9. The van der Waals surface area contributed by atoms with E-state index in [9.17, 15) is 18.0 Å². The van der Waals surface area contributed by atoms with Gasteiger partial charge in [-0.1, -0.05) is 17.7 Å². The molecule has 0 atom stereocenters. The summed E-state index contributed by atoms with van der Waals surface area (Å²) in [7, 11) is -2.58. The number of carbonyl (C=O) groups excluding carboxylic acids is 2. The number of anilines is 1. The number of carbonyl (C=O) groups is 2. The van der Waals surface area contributed by atoms with Gasteiger partial charge in [-0.25, -0.2) is 13.4 Å². The predicted molar refractivity (Wildman–Crippen MR) is 114 cm³/mol. The summed E-state index contributed by atoms with van der Waals surface area (Å²) >= 11 is 5.75. The van der Waals surface area contributed by atoms with Crippen LogP contribution in [0, 0.1) is 0 Å². The Morgan fingerprint density at radius 1 is 1.16 bits per heavy atom. The molecule has 3 rings (SSSR count). The Hall–Kier alpha value is -3.21. The Labute approximate surface area is 184 Å². The number of aromatic nitrogens is 1. The molecule has 0 fully saturated rings. The van der Waals surface area contributed by atoms with Crippen molar-refractivity contribution in [1.82, 2.24) is 14.6 Å². The number of nitrogens with zero attached hydrogens (tertiary/aromatic N) is 2. The van der Waals surface area contributed by atoms with Crippen molar-refractivity contribution in [2.24, 2.45) is 0 Å². The Balaban J connectivity index is 1.82. The molecule has 0 aliphatic carbocycles. The van der Waals surface area contributed by atoms with Crippen molar-refractivity contribution >= 4 is 39.1 Å². The third kappa shape index (κ3) is 5.69. The molecule has 2 amide bonds. The molecule has 0 spiro atoms. The molecule has 2 N–H and O–H groups in total. The van der Waals surface area contributed by atoms with Crippen molar-refractivity contribution in [1.29, 1.82) is 0 Å². The monoisotopic (exact) mass is 462 g/mol. The summed E-state index contributed by atoms with van der Waals surface area (Å²) in [5.74, 6) is -0.542. The Kier molecular flexibility index (Phi) is 7.06. The second kappa shape index (κ2) is 9.73. The number of halogens is 1. The van der Waals surface area contributed by atoms with Gasteiger partial charge >= 0.3 is 0 Å².